The van der Waals surface area contributed by atoms with E-state index in [4.69, 9.17) is 23.2 Å². The maximum Gasteiger partial charge on any atom is 0.180 e. The molecule has 0 atom stereocenters. The average Bonchev–Trinajstić information content (AvgIpc) is 3.97. The minimum absolute atomic E-state index is 0.613. The molecule has 0 aliphatic carbocycles. The fourth-order valence-electron chi connectivity index (χ4n) is 9.17. The molecule has 4 heterocycles. The summed E-state index contributed by atoms with van der Waals surface area (Å²) in [5.41, 5.74) is 12.7. The van der Waals surface area contributed by atoms with Crippen LogP contribution in [-0.4, -0.2) is 9.97 Å². The molecule has 264 valence electrons. The van der Waals surface area contributed by atoms with E-state index in [1.165, 1.54) is 32.3 Å². The zero-order valence-electron chi connectivity index (χ0n) is 30.3. The van der Waals surface area contributed by atoms with Crippen LogP contribution in [0.1, 0.15) is 0 Å². The quantitative estimate of drug-likeness (QED) is 0.169. The summed E-state index contributed by atoms with van der Waals surface area (Å²) < 4.78 is 19.5. The molecular weight excluding hydrogens is 701 g/mol. The molecule has 0 aliphatic rings. The lowest BCUT2D eigenvalue weighted by Gasteiger charge is -2.13. The van der Waals surface area contributed by atoms with Gasteiger partial charge < -0.3 is 13.3 Å². The SMILES string of the molecule is c1ccc(-c2cccc(-c3nc(-c4cccc5oc6cc(-c7cccc8c9cccc%10oc%11cccc(c78)c%11c%109)ccc6c45)nc4c3oc3ccccc34)c2)cc1. The molecule has 0 aliphatic heterocycles. The second kappa shape index (κ2) is 11.4. The number of fused-ring (bicyclic) bond motifs is 9. The van der Waals surface area contributed by atoms with Crippen molar-refractivity contribution in [2.45, 2.75) is 0 Å². The number of aromatic nitrogens is 2. The Hall–Kier alpha value is -7.76. The molecule has 0 fully saturated rings. The van der Waals surface area contributed by atoms with Crippen molar-refractivity contribution in [1.29, 1.82) is 0 Å². The molecule has 0 saturated carbocycles. The highest BCUT2D eigenvalue weighted by molar-refractivity contribution is 6.35. The van der Waals surface area contributed by atoms with Gasteiger partial charge in [0.15, 0.2) is 11.4 Å². The summed E-state index contributed by atoms with van der Waals surface area (Å²) in [6.07, 6.45) is 0. The lowest BCUT2D eigenvalue weighted by molar-refractivity contribution is 0.667. The van der Waals surface area contributed by atoms with E-state index in [9.17, 15) is 0 Å². The number of para-hydroxylation sites is 1. The zero-order chi connectivity index (χ0) is 37.2. The predicted octanol–water partition coefficient (Wildman–Crippen LogP) is 14.6. The number of nitrogens with zero attached hydrogens (tertiary/aromatic N) is 2. The molecular formula is C52H28N2O3. The van der Waals surface area contributed by atoms with Crippen molar-refractivity contribution < 1.29 is 13.3 Å². The van der Waals surface area contributed by atoms with Gasteiger partial charge in [0.05, 0.1) is 0 Å². The Morgan fingerprint density at radius 1 is 0.316 bits per heavy atom. The van der Waals surface area contributed by atoms with E-state index in [-0.39, 0.29) is 0 Å². The van der Waals surface area contributed by atoms with Crippen LogP contribution >= 0.6 is 0 Å². The van der Waals surface area contributed by atoms with Gasteiger partial charge in [-0.1, -0.05) is 121 Å². The number of hydrogen-bond donors (Lipinski definition) is 0. The molecule has 5 heteroatoms. The third-order valence-electron chi connectivity index (χ3n) is 11.7. The highest BCUT2D eigenvalue weighted by Gasteiger charge is 2.23. The van der Waals surface area contributed by atoms with Crippen LogP contribution in [0.15, 0.2) is 183 Å². The molecule has 13 rings (SSSR count). The molecule has 57 heavy (non-hydrogen) atoms. The van der Waals surface area contributed by atoms with Crippen LogP contribution in [0, 0.1) is 0 Å². The number of hydrogen-bond acceptors (Lipinski definition) is 5. The maximum atomic E-state index is 6.70. The molecule has 0 spiro atoms. The zero-order valence-corrected chi connectivity index (χ0v) is 30.3. The average molecular weight is 729 g/mol. The summed E-state index contributed by atoms with van der Waals surface area (Å²) in [5, 5.41) is 10.1. The molecule has 0 radical (unpaired) electrons. The van der Waals surface area contributed by atoms with E-state index in [0.29, 0.717) is 11.4 Å². The first kappa shape index (κ1) is 30.6. The lowest BCUT2D eigenvalue weighted by atomic mass is 9.89. The van der Waals surface area contributed by atoms with Gasteiger partial charge in [0, 0.05) is 38.1 Å². The Bertz CT molecular complexity index is 3760. The van der Waals surface area contributed by atoms with E-state index < -0.39 is 0 Å². The molecule has 13 aromatic rings. The lowest BCUT2D eigenvalue weighted by Crippen LogP contribution is -1.94. The van der Waals surface area contributed by atoms with E-state index >= 15 is 0 Å². The van der Waals surface area contributed by atoms with Crippen molar-refractivity contribution in [3.05, 3.63) is 170 Å². The topological polar surface area (TPSA) is 65.2 Å². The third-order valence-corrected chi connectivity index (χ3v) is 11.7. The third kappa shape index (κ3) is 4.34. The van der Waals surface area contributed by atoms with Gasteiger partial charge in [-0.25, -0.2) is 9.97 Å². The number of furan rings is 3. The number of benzene rings is 9. The van der Waals surface area contributed by atoms with Gasteiger partial charge >= 0.3 is 0 Å². The Labute approximate surface area is 324 Å². The summed E-state index contributed by atoms with van der Waals surface area (Å²) >= 11 is 0. The van der Waals surface area contributed by atoms with Crippen molar-refractivity contribution >= 4 is 87.5 Å². The normalized spacial score (nSPS) is 12.2. The van der Waals surface area contributed by atoms with Gasteiger partial charge in [0.1, 0.15) is 39.1 Å². The van der Waals surface area contributed by atoms with Crippen LogP contribution in [-0.2, 0) is 0 Å². The Balaban J connectivity index is 1.03. The molecule has 0 amide bonds. The van der Waals surface area contributed by atoms with Crippen LogP contribution < -0.4 is 0 Å². The highest BCUT2D eigenvalue weighted by Crippen LogP contribution is 2.46. The predicted molar refractivity (Wildman–Crippen MR) is 232 cm³/mol. The standard InChI is InChI=1S/C52H28N2O3/c1-2-11-29(12-3-1)30-13-6-14-32(27-30)49-51-50(37-15-4-5-21-40(37)57-51)54-52(53-49)39-20-10-22-41-46(39)36-26-25-31(28-44(36)56-41)33-16-7-17-34-35-18-8-23-42-47(35)48-38(45(33)34)19-9-24-43(48)55-42/h1-28H. The van der Waals surface area contributed by atoms with Gasteiger partial charge in [-0.3, -0.25) is 0 Å². The minimum atomic E-state index is 0.613. The van der Waals surface area contributed by atoms with Crippen LogP contribution in [0.5, 0.6) is 0 Å². The second-order valence-corrected chi connectivity index (χ2v) is 14.8. The highest BCUT2D eigenvalue weighted by atomic mass is 16.3. The van der Waals surface area contributed by atoms with E-state index in [0.717, 1.165) is 88.7 Å². The smallest absolute Gasteiger partial charge is 0.180 e. The second-order valence-electron chi connectivity index (χ2n) is 14.8. The summed E-state index contributed by atoms with van der Waals surface area (Å²) in [5.74, 6) is 0.613. The number of rotatable bonds is 4. The summed E-state index contributed by atoms with van der Waals surface area (Å²) in [6, 6.07) is 59.0. The van der Waals surface area contributed by atoms with Gasteiger partial charge in [-0.05, 0) is 92.3 Å². The molecule has 0 bridgehead atoms. The molecule has 0 N–H and O–H groups in total. The van der Waals surface area contributed by atoms with E-state index in [1.54, 1.807) is 0 Å². The fraction of sp³-hybridized carbons (Fsp3) is 0. The minimum Gasteiger partial charge on any atom is -0.456 e. The van der Waals surface area contributed by atoms with E-state index in [2.05, 4.69) is 133 Å². The van der Waals surface area contributed by atoms with Crippen LogP contribution in [0.25, 0.3) is 132 Å². The van der Waals surface area contributed by atoms with Crippen molar-refractivity contribution in [3.63, 3.8) is 0 Å². The molecule has 9 aromatic carbocycles. The Morgan fingerprint density at radius 3 is 1.81 bits per heavy atom. The fourth-order valence-corrected chi connectivity index (χ4v) is 9.17. The Kier molecular flexibility index (Phi) is 6.10. The summed E-state index contributed by atoms with van der Waals surface area (Å²) in [7, 11) is 0. The molecule has 5 nitrogen and oxygen atoms in total. The van der Waals surface area contributed by atoms with Crippen molar-refractivity contribution in [3.8, 4) is 44.9 Å². The molecule has 0 saturated heterocycles. The first-order valence-corrected chi connectivity index (χ1v) is 19.1. The first-order chi connectivity index (χ1) is 28.2. The largest absolute Gasteiger partial charge is 0.456 e. The van der Waals surface area contributed by atoms with Crippen LogP contribution in [0.3, 0.4) is 0 Å². The summed E-state index contributed by atoms with van der Waals surface area (Å²) in [4.78, 5) is 10.6. The molecule has 4 aromatic heterocycles. The van der Waals surface area contributed by atoms with Gasteiger partial charge in [0.2, 0.25) is 0 Å². The van der Waals surface area contributed by atoms with Crippen molar-refractivity contribution in [2.24, 2.45) is 0 Å². The monoisotopic (exact) mass is 728 g/mol. The molecule has 0 unspecified atom stereocenters. The van der Waals surface area contributed by atoms with Crippen LogP contribution in [0.4, 0.5) is 0 Å². The summed E-state index contributed by atoms with van der Waals surface area (Å²) in [6.45, 7) is 0. The van der Waals surface area contributed by atoms with Crippen molar-refractivity contribution in [2.75, 3.05) is 0 Å². The Morgan fingerprint density at radius 2 is 0.930 bits per heavy atom. The maximum absolute atomic E-state index is 6.70. The van der Waals surface area contributed by atoms with Crippen molar-refractivity contribution in [1.82, 2.24) is 9.97 Å². The van der Waals surface area contributed by atoms with Gasteiger partial charge in [0.25, 0.3) is 0 Å². The van der Waals surface area contributed by atoms with E-state index in [1.807, 2.05) is 36.4 Å². The van der Waals surface area contributed by atoms with Gasteiger partial charge in [-0.15, -0.1) is 0 Å². The first-order valence-electron chi connectivity index (χ1n) is 19.1. The van der Waals surface area contributed by atoms with Gasteiger partial charge in [-0.2, -0.15) is 0 Å². The van der Waals surface area contributed by atoms with Crippen LogP contribution in [0.2, 0.25) is 0 Å².